The molecule has 0 atom stereocenters. The minimum Gasteiger partial charge on any atom is -0.358 e. The Kier molecular flexibility index (Phi) is 5.84. The molecule has 0 aromatic carbocycles. The van der Waals surface area contributed by atoms with Gasteiger partial charge < -0.3 is 5.32 Å². The van der Waals surface area contributed by atoms with Crippen LogP contribution in [0, 0.1) is 5.92 Å². The van der Waals surface area contributed by atoms with Gasteiger partial charge in [0.25, 0.3) is 5.56 Å². The third-order valence-electron chi connectivity index (χ3n) is 4.58. The molecule has 1 N–H and O–H groups in total. The number of carbonyl (C=O) groups excluding carboxylic acids is 1. The number of aryl methyl sites for hydroxylation is 2. The quantitative estimate of drug-likeness (QED) is 0.618. The average Bonchev–Trinajstić information content (AvgIpc) is 2.97. The largest absolute Gasteiger partial charge is 0.358 e. The zero-order chi connectivity index (χ0) is 18.0. The van der Waals surface area contributed by atoms with Crippen molar-refractivity contribution < 1.29 is 4.79 Å². The molecule has 0 saturated heterocycles. The summed E-state index contributed by atoms with van der Waals surface area (Å²) in [6.45, 7) is 4.96. The Morgan fingerprint density at radius 2 is 2.12 bits per heavy atom. The molecule has 3 rings (SSSR count). The van der Waals surface area contributed by atoms with Crippen molar-refractivity contribution in [3.8, 4) is 0 Å². The lowest BCUT2D eigenvalue weighted by Gasteiger charge is -2.14. The Morgan fingerprint density at radius 3 is 2.84 bits per heavy atom. The Hall–Kier alpha value is -1.34. The van der Waals surface area contributed by atoms with E-state index >= 15 is 0 Å². The summed E-state index contributed by atoms with van der Waals surface area (Å²) in [4.78, 5) is 31.8. The number of thioether (sulfide) groups is 1. The van der Waals surface area contributed by atoms with Crippen molar-refractivity contribution in [3.63, 3.8) is 0 Å². The van der Waals surface area contributed by atoms with E-state index in [2.05, 4.69) is 19.2 Å². The molecule has 1 amide bonds. The van der Waals surface area contributed by atoms with E-state index in [9.17, 15) is 9.59 Å². The first-order valence-electron chi connectivity index (χ1n) is 8.89. The first-order chi connectivity index (χ1) is 12.0. The molecule has 0 bridgehead atoms. The molecule has 1 aliphatic rings. The number of amides is 1. The molecule has 0 aliphatic heterocycles. The lowest BCUT2D eigenvalue weighted by molar-refractivity contribution is -0.118. The zero-order valence-corrected chi connectivity index (χ0v) is 16.7. The fourth-order valence-corrected chi connectivity index (χ4v) is 5.32. The van der Waals surface area contributed by atoms with E-state index in [1.54, 1.807) is 23.0 Å². The molecule has 1 aliphatic carbocycles. The molecule has 7 heteroatoms. The number of thiophene rings is 1. The van der Waals surface area contributed by atoms with E-state index < -0.39 is 0 Å². The van der Waals surface area contributed by atoms with E-state index in [0.29, 0.717) is 17.6 Å². The van der Waals surface area contributed by atoms with Gasteiger partial charge in [-0.2, -0.15) is 0 Å². The van der Waals surface area contributed by atoms with Crippen molar-refractivity contribution >= 4 is 39.2 Å². The van der Waals surface area contributed by atoms with Crippen LogP contribution < -0.4 is 10.9 Å². The van der Waals surface area contributed by atoms with Gasteiger partial charge >= 0.3 is 0 Å². The molecular weight excluding hydrogens is 354 g/mol. The second-order valence-corrected chi connectivity index (χ2v) is 8.91. The third kappa shape index (κ3) is 3.92. The maximum absolute atomic E-state index is 13.2. The van der Waals surface area contributed by atoms with Gasteiger partial charge in [0, 0.05) is 18.5 Å². The van der Waals surface area contributed by atoms with Crippen LogP contribution in [-0.4, -0.2) is 28.3 Å². The number of hydrogen-bond acceptors (Lipinski definition) is 5. The topological polar surface area (TPSA) is 64.0 Å². The molecule has 5 nitrogen and oxygen atoms in total. The smallest absolute Gasteiger partial charge is 0.263 e. The number of hydrogen-bond donors (Lipinski definition) is 1. The minimum absolute atomic E-state index is 0.0553. The molecular formula is C18H25N3O2S2. The van der Waals surface area contributed by atoms with Crippen molar-refractivity contribution in [1.82, 2.24) is 14.9 Å². The predicted molar refractivity (Wildman–Crippen MR) is 105 cm³/mol. The molecule has 0 radical (unpaired) electrons. The van der Waals surface area contributed by atoms with Crippen LogP contribution >= 0.6 is 23.1 Å². The van der Waals surface area contributed by atoms with Gasteiger partial charge in [0.1, 0.15) is 4.83 Å². The van der Waals surface area contributed by atoms with Crippen molar-refractivity contribution in [2.75, 3.05) is 12.8 Å². The summed E-state index contributed by atoms with van der Waals surface area (Å²) in [5.41, 5.74) is 1.30. The minimum atomic E-state index is -0.0553. The summed E-state index contributed by atoms with van der Waals surface area (Å²) < 4.78 is 1.79. The molecule has 0 unspecified atom stereocenters. The summed E-state index contributed by atoms with van der Waals surface area (Å²) in [7, 11) is 1.62. The summed E-state index contributed by atoms with van der Waals surface area (Å²) in [5, 5.41) is 4.12. The standard InChI is InChI=1S/C18H25N3O2S2/c1-11(2)8-9-21-17(23)15-12-6-4-5-7-13(12)25-16(15)20-18(21)24-10-14(22)19-3/h11H,4-10H2,1-3H3,(H,19,22). The number of nitrogens with one attached hydrogen (secondary N) is 1. The van der Waals surface area contributed by atoms with Crippen LogP contribution in [0.25, 0.3) is 10.2 Å². The molecule has 0 spiro atoms. The van der Waals surface area contributed by atoms with Crippen LogP contribution in [0.3, 0.4) is 0 Å². The number of carbonyl (C=O) groups is 1. The SMILES string of the molecule is CNC(=O)CSc1nc2sc3c(c2c(=O)n1CCC(C)C)CCCC3. The molecule has 136 valence electrons. The van der Waals surface area contributed by atoms with Crippen molar-refractivity contribution in [2.45, 2.75) is 57.7 Å². The number of aromatic nitrogens is 2. The molecule has 2 aromatic rings. The zero-order valence-electron chi connectivity index (χ0n) is 15.1. The predicted octanol–water partition coefficient (Wildman–Crippen LogP) is 3.22. The van der Waals surface area contributed by atoms with Crippen LogP contribution in [0.15, 0.2) is 9.95 Å². The summed E-state index contributed by atoms with van der Waals surface area (Å²) in [6, 6.07) is 0. The van der Waals surface area contributed by atoms with Gasteiger partial charge in [-0.15, -0.1) is 11.3 Å². The molecule has 0 fully saturated rings. The molecule has 25 heavy (non-hydrogen) atoms. The van der Waals surface area contributed by atoms with Gasteiger partial charge in [0.2, 0.25) is 5.91 Å². The fraction of sp³-hybridized carbons (Fsp3) is 0.611. The van der Waals surface area contributed by atoms with E-state index in [1.807, 2.05) is 0 Å². The Bertz CT molecular complexity index is 839. The van der Waals surface area contributed by atoms with Crippen LogP contribution in [-0.2, 0) is 24.2 Å². The molecule has 0 saturated carbocycles. The van der Waals surface area contributed by atoms with Gasteiger partial charge in [-0.1, -0.05) is 25.6 Å². The normalized spacial score (nSPS) is 14.1. The van der Waals surface area contributed by atoms with Crippen LogP contribution in [0.4, 0.5) is 0 Å². The number of rotatable bonds is 6. The monoisotopic (exact) mass is 379 g/mol. The van der Waals surface area contributed by atoms with Crippen molar-refractivity contribution in [3.05, 3.63) is 20.8 Å². The van der Waals surface area contributed by atoms with Gasteiger partial charge in [0.05, 0.1) is 11.1 Å². The van der Waals surface area contributed by atoms with E-state index in [-0.39, 0.29) is 17.2 Å². The van der Waals surface area contributed by atoms with E-state index in [0.717, 1.165) is 35.9 Å². The fourth-order valence-electron chi connectivity index (χ4n) is 3.12. The van der Waals surface area contributed by atoms with E-state index in [4.69, 9.17) is 4.98 Å². The molecule has 2 aromatic heterocycles. The first-order valence-corrected chi connectivity index (χ1v) is 10.7. The Morgan fingerprint density at radius 1 is 1.36 bits per heavy atom. The Balaban J connectivity index is 2.07. The third-order valence-corrected chi connectivity index (χ3v) is 6.74. The highest BCUT2D eigenvalue weighted by Crippen LogP contribution is 2.34. The highest BCUT2D eigenvalue weighted by Gasteiger charge is 2.22. The lowest BCUT2D eigenvalue weighted by atomic mass is 9.97. The van der Waals surface area contributed by atoms with Gasteiger partial charge in [-0.25, -0.2) is 4.98 Å². The summed E-state index contributed by atoms with van der Waals surface area (Å²) >= 11 is 3.02. The highest BCUT2D eigenvalue weighted by molar-refractivity contribution is 7.99. The van der Waals surface area contributed by atoms with Crippen LogP contribution in [0.2, 0.25) is 0 Å². The maximum Gasteiger partial charge on any atom is 0.263 e. The van der Waals surface area contributed by atoms with Crippen molar-refractivity contribution in [2.24, 2.45) is 5.92 Å². The molecule has 2 heterocycles. The van der Waals surface area contributed by atoms with Crippen molar-refractivity contribution in [1.29, 1.82) is 0 Å². The second kappa shape index (κ2) is 7.91. The van der Waals surface area contributed by atoms with E-state index in [1.165, 1.54) is 28.6 Å². The van der Waals surface area contributed by atoms with Gasteiger partial charge in [0.15, 0.2) is 5.16 Å². The number of nitrogens with zero attached hydrogens (tertiary/aromatic N) is 2. The Labute approximate surface area is 156 Å². The second-order valence-electron chi connectivity index (χ2n) is 6.89. The lowest BCUT2D eigenvalue weighted by Crippen LogP contribution is -2.26. The van der Waals surface area contributed by atoms with Gasteiger partial charge in [-0.3, -0.25) is 14.2 Å². The van der Waals surface area contributed by atoms with Crippen LogP contribution in [0.5, 0.6) is 0 Å². The highest BCUT2D eigenvalue weighted by atomic mass is 32.2. The summed E-state index contributed by atoms with van der Waals surface area (Å²) in [5.74, 6) is 0.734. The maximum atomic E-state index is 13.2. The summed E-state index contributed by atoms with van der Waals surface area (Å²) in [6.07, 6.45) is 5.31. The average molecular weight is 380 g/mol. The number of fused-ring (bicyclic) bond motifs is 3. The van der Waals surface area contributed by atoms with Gasteiger partial charge in [-0.05, 0) is 43.6 Å². The van der Waals surface area contributed by atoms with Crippen LogP contribution in [0.1, 0.15) is 43.6 Å². The first kappa shape index (κ1) is 18.5.